The lowest BCUT2D eigenvalue weighted by molar-refractivity contribution is 0.0621. The second kappa shape index (κ2) is 7.58. The number of hydrogen-bond donors (Lipinski definition) is 1. The van der Waals surface area contributed by atoms with Crippen molar-refractivity contribution in [3.05, 3.63) is 71.3 Å². The number of fused-ring (bicyclic) bond motifs is 2. The van der Waals surface area contributed by atoms with Crippen LogP contribution in [0.3, 0.4) is 0 Å². The highest BCUT2D eigenvalue weighted by molar-refractivity contribution is 5.92. The summed E-state index contributed by atoms with van der Waals surface area (Å²) < 4.78 is 0. The van der Waals surface area contributed by atoms with Gasteiger partial charge in [-0.05, 0) is 60.9 Å². The lowest BCUT2D eigenvalue weighted by atomic mass is 9.63. The number of rotatable bonds is 3. The van der Waals surface area contributed by atoms with Crippen molar-refractivity contribution in [2.24, 2.45) is 5.73 Å². The van der Waals surface area contributed by atoms with Crippen LogP contribution >= 0.6 is 0 Å². The van der Waals surface area contributed by atoms with Crippen LogP contribution in [0.25, 0.3) is 0 Å². The Balaban J connectivity index is 1.49. The maximum Gasteiger partial charge on any atom is 0.248 e. The number of amides is 1. The van der Waals surface area contributed by atoms with E-state index in [1.165, 1.54) is 24.8 Å². The first-order valence-electron chi connectivity index (χ1n) is 9.85. The van der Waals surface area contributed by atoms with Crippen LogP contribution in [0.15, 0.2) is 54.6 Å². The molecule has 1 aliphatic heterocycles. The van der Waals surface area contributed by atoms with Crippen molar-refractivity contribution < 1.29 is 4.79 Å². The summed E-state index contributed by atoms with van der Waals surface area (Å²) in [4.78, 5) is 14.1. The summed E-state index contributed by atoms with van der Waals surface area (Å²) in [5, 5.41) is 0. The molecule has 2 aromatic rings. The molecule has 2 atom stereocenters. The quantitative estimate of drug-likeness (QED) is 0.850. The molecule has 4 rings (SSSR count). The molecule has 1 amide bonds. The first-order chi connectivity index (χ1) is 13.2. The maximum atomic E-state index is 11.6. The largest absolute Gasteiger partial charge is 0.366 e. The normalized spacial score (nSPS) is 24.7. The number of carbonyl (C=O) groups excluding carboxylic acids is 1. The van der Waals surface area contributed by atoms with Crippen molar-refractivity contribution in [1.29, 1.82) is 0 Å². The van der Waals surface area contributed by atoms with Gasteiger partial charge in [0.05, 0.1) is 6.54 Å². The van der Waals surface area contributed by atoms with Gasteiger partial charge in [0.15, 0.2) is 0 Å². The molecule has 3 heteroatoms. The highest BCUT2D eigenvalue weighted by Crippen LogP contribution is 2.46. The van der Waals surface area contributed by atoms with E-state index in [0.717, 1.165) is 31.5 Å². The number of benzene rings is 2. The van der Waals surface area contributed by atoms with Crippen LogP contribution in [0.2, 0.25) is 0 Å². The number of hydrogen-bond acceptors (Lipinski definition) is 2. The molecule has 27 heavy (non-hydrogen) atoms. The van der Waals surface area contributed by atoms with Gasteiger partial charge in [-0.15, -0.1) is 0 Å². The van der Waals surface area contributed by atoms with E-state index in [1.54, 1.807) is 0 Å². The van der Waals surface area contributed by atoms with E-state index in [9.17, 15) is 4.79 Å². The summed E-state index contributed by atoms with van der Waals surface area (Å²) in [6, 6.07) is 18.8. The third-order valence-electron chi connectivity index (χ3n) is 6.26. The highest BCUT2D eigenvalue weighted by Gasteiger charge is 2.43. The topological polar surface area (TPSA) is 46.3 Å². The zero-order valence-electron chi connectivity index (χ0n) is 15.7. The van der Waals surface area contributed by atoms with Crippen molar-refractivity contribution in [2.75, 3.05) is 13.1 Å². The molecule has 2 aliphatic rings. The second-order valence-corrected chi connectivity index (χ2v) is 7.86. The second-order valence-electron chi connectivity index (χ2n) is 7.86. The van der Waals surface area contributed by atoms with E-state index in [2.05, 4.69) is 34.9 Å². The third-order valence-corrected chi connectivity index (χ3v) is 6.26. The van der Waals surface area contributed by atoms with Crippen molar-refractivity contribution in [1.82, 2.24) is 4.90 Å². The zero-order valence-corrected chi connectivity index (χ0v) is 15.7. The fourth-order valence-corrected chi connectivity index (χ4v) is 4.79. The zero-order chi connectivity index (χ0) is 18.7. The average Bonchev–Trinajstić information content (AvgIpc) is 2.71. The van der Waals surface area contributed by atoms with E-state index < -0.39 is 0 Å². The first-order valence-corrected chi connectivity index (χ1v) is 9.85. The predicted molar refractivity (Wildman–Crippen MR) is 108 cm³/mol. The Bertz CT molecular complexity index is 880. The molecule has 2 N–H and O–H groups in total. The van der Waals surface area contributed by atoms with Crippen LogP contribution in [0, 0.1) is 11.8 Å². The Morgan fingerprint density at radius 1 is 1.15 bits per heavy atom. The fourth-order valence-electron chi connectivity index (χ4n) is 4.79. The number of nitrogens with zero attached hydrogens (tertiary/aromatic N) is 1. The lowest BCUT2D eigenvalue weighted by Gasteiger charge is -2.50. The Morgan fingerprint density at radius 2 is 2.00 bits per heavy atom. The maximum absolute atomic E-state index is 11.6. The molecular weight excluding hydrogens is 332 g/mol. The van der Waals surface area contributed by atoms with Gasteiger partial charge in [0.1, 0.15) is 0 Å². The molecule has 1 saturated heterocycles. The van der Waals surface area contributed by atoms with Gasteiger partial charge in [0.2, 0.25) is 5.91 Å². The molecule has 0 radical (unpaired) electrons. The van der Waals surface area contributed by atoms with Gasteiger partial charge < -0.3 is 5.73 Å². The summed E-state index contributed by atoms with van der Waals surface area (Å²) in [5.74, 6) is 6.31. The predicted octanol–water partition coefficient (Wildman–Crippen LogP) is 3.72. The van der Waals surface area contributed by atoms with Gasteiger partial charge in [0, 0.05) is 23.7 Å². The van der Waals surface area contributed by atoms with E-state index in [4.69, 9.17) is 5.73 Å². The smallest absolute Gasteiger partial charge is 0.248 e. The minimum Gasteiger partial charge on any atom is -0.366 e. The third kappa shape index (κ3) is 3.77. The molecular formula is C24H26N2O. The van der Waals surface area contributed by atoms with Gasteiger partial charge >= 0.3 is 0 Å². The minimum atomic E-state index is -0.339. The monoisotopic (exact) mass is 358 g/mol. The van der Waals surface area contributed by atoms with Crippen molar-refractivity contribution >= 4 is 5.91 Å². The molecule has 2 fully saturated rings. The van der Waals surface area contributed by atoms with Gasteiger partial charge in [-0.3, -0.25) is 9.69 Å². The van der Waals surface area contributed by atoms with Crippen LogP contribution in [-0.2, 0) is 5.41 Å². The van der Waals surface area contributed by atoms with E-state index in [1.807, 2.05) is 36.4 Å². The Labute approximate surface area is 161 Å². The van der Waals surface area contributed by atoms with Gasteiger partial charge in [-0.1, -0.05) is 48.6 Å². The van der Waals surface area contributed by atoms with Gasteiger partial charge in [0.25, 0.3) is 0 Å². The van der Waals surface area contributed by atoms with Crippen molar-refractivity contribution in [2.45, 2.75) is 43.6 Å². The lowest BCUT2D eigenvalue weighted by Crippen LogP contribution is -2.51. The van der Waals surface area contributed by atoms with Crippen LogP contribution < -0.4 is 5.73 Å². The molecule has 1 saturated carbocycles. The summed E-state index contributed by atoms with van der Waals surface area (Å²) >= 11 is 0. The average molecular weight is 358 g/mol. The van der Waals surface area contributed by atoms with Crippen LogP contribution in [-0.4, -0.2) is 29.9 Å². The van der Waals surface area contributed by atoms with Crippen molar-refractivity contribution in [3.8, 4) is 11.8 Å². The summed E-state index contributed by atoms with van der Waals surface area (Å²) in [5.41, 5.74) is 8.69. The SMILES string of the molecule is NC(=O)c1cccc(C23CCCC(C2)N(CC#Cc2ccccc2)CC3)c1. The fraction of sp³-hybridized carbons (Fsp3) is 0.375. The molecule has 2 unspecified atom stereocenters. The minimum absolute atomic E-state index is 0.192. The first kappa shape index (κ1) is 17.8. The summed E-state index contributed by atoms with van der Waals surface area (Å²) in [6.45, 7) is 1.89. The van der Waals surface area contributed by atoms with Crippen LogP contribution in [0.1, 0.15) is 53.6 Å². The number of primary amides is 1. The summed E-state index contributed by atoms with van der Waals surface area (Å²) in [7, 11) is 0. The summed E-state index contributed by atoms with van der Waals surface area (Å²) in [6.07, 6.45) is 5.95. The number of carbonyl (C=O) groups is 1. The van der Waals surface area contributed by atoms with Crippen LogP contribution in [0.5, 0.6) is 0 Å². The molecule has 1 aliphatic carbocycles. The molecule has 2 aromatic carbocycles. The molecule has 3 nitrogen and oxygen atoms in total. The van der Waals surface area contributed by atoms with E-state index >= 15 is 0 Å². The molecule has 1 heterocycles. The molecule has 0 aromatic heterocycles. The molecule has 138 valence electrons. The highest BCUT2D eigenvalue weighted by atomic mass is 16.1. The van der Waals surface area contributed by atoms with Gasteiger partial charge in [-0.2, -0.15) is 0 Å². The molecule has 0 spiro atoms. The van der Waals surface area contributed by atoms with Gasteiger partial charge in [-0.25, -0.2) is 0 Å². The molecule has 2 bridgehead atoms. The number of likely N-dealkylation sites (tertiary alicyclic amines) is 1. The van der Waals surface area contributed by atoms with E-state index in [-0.39, 0.29) is 11.3 Å². The standard InChI is InChI=1S/C24H26N2O/c25-23(27)20-10-4-11-21(17-20)24-13-5-12-22(18-24)26(16-14-24)15-6-9-19-7-2-1-3-8-19/h1-4,7-8,10-11,17,22H,5,12-16,18H2,(H2,25,27). The van der Waals surface area contributed by atoms with E-state index in [0.29, 0.717) is 11.6 Å². The number of nitrogens with two attached hydrogens (primary N) is 1. The Kier molecular flexibility index (Phi) is 5.01. The number of piperidine rings is 1. The van der Waals surface area contributed by atoms with Crippen LogP contribution in [0.4, 0.5) is 0 Å². The van der Waals surface area contributed by atoms with Crippen molar-refractivity contribution in [3.63, 3.8) is 0 Å². The Hall–Kier alpha value is -2.57. The Morgan fingerprint density at radius 3 is 2.81 bits per heavy atom.